The number of nitrogens with zero attached hydrogens (tertiary/aromatic N) is 6. The third kappa shape index (κ3) is 4.07. The molecule has 0 bridgehead atoms. The second-order valence-electron chi connectivity index (χ2n) is 6.78. The molecule has 0 saturated heterocycles. The Kier molecular flexibility index (Phi) is 5.18. The lowest BCUT2D eigenvalue weighted by Gasteiger charge is -2.20. The molecule has 146 valence electrons. The Morgan fingerprint density at radius 2 is 1.93 bits per heavy atom. The number of hydrogen-bond acceptors (Lipinski definition) is 6. The highest BCUT2D eigenvalue weighted by Gasteiger charge is 2.20. The molecule has 7 nitrogen and oxygen atoms in total. The standard InChI is InChI=1S/C21H20N6OS/c1-14-9-10-19(15(2)11-14)27(16(3)28)21-22-18(13-29-21)12-26-24-20(23-25-26)17-7-5-4-6-8-17/h4-11,13H,12H2,1-3H3. The molecule has 1 amide bonds. The molecule has 0 atom stereocenters. The van der Waals surface area contributed by atoms with E-state index in [-0.39, 0.29) is 5.91 Å². The van der Waals surface area contributed by atoms with Gasteiger partial charge in [0.15, 0.2) is 5.13 Å². The minimum absolute atomic E-state index is 0.0805. The predicted molar refractivity (Wildman–Crippen MR) is 113 cm³/mol. The number of tetrazole rings is 1. The van der Waals surface area contributed by atoms with Gasteiger partial charge in [0.1, 0.15) is 6.54 Å². The van der Waals surface area contributed by atoms with E-state index in [2.05, 4.69) is 26.5 Å². The third-order valence-electron chi connectivity index (χ3n) is 4.43. The van der Waals surface area contributed by atoms with Crippen molar-refractivity contribution in [3.05, 3.63) is 70.7 Å². The first kappa shape index (κ1) is 18.9. The second kappa shape index (κ2) is 7.92. The molecule has 2 heterocycles. The minimum Gasteiger partial charge on any atom is -0.274 e. The molecule has 0 unspecified atom stereocenters. The van der Waals surface area contributed by atoms with E-state index in [4.69, 9.17) is 0 Å². The second-order valence-corrected chi connectivity index (χ2v) is 7.61. The number of benzene rings is 2. The molecular weight excluding hydrogens is 384 g/mol. The van der Waals surface area contributed by atoms with Crippen molar-refractivity contribution in [1.82, 2.24) is 25.2 Å². The summed E-state index contributed by atoms with van der Waals surface area (Å²) in [4.78, 5) is 20.2. The third-order valence-corrected chi connectivity index (χ3v) is 5.30. The number of aromatic nitrogens is 5. The van der Waals surface area contributed by atoms with Crippen LogP contribution < -0.4 is 4.90 Å². The highest BCUT2D eigenvalue weighted by molar-refractivity contribution is 7.14. The van der Waals surface area contributed by atoms with Gasteiger partial charge >= 0.3 is 0 Å². The molecule has 0 aliphatic rings. The lowest BCUT2D eigenvalue weighted by Crippen LogP contribution is -2.23. The van der Waals surface area contributed by atoms with E-state index in [1.165, 1.54) is 16.1 Å². The van der Waals surface area contributed by atoms with Crippen LogP contribution in [0.25, 0.3) is 11.4 Å². The van der Waals surface area contributed by atoms with Crippen molar-refractivity contribution >= 4 is 28.1 Å². The molecule has 0 fully saturated rings. The quantitative estimate of drug-likeness (QED) is 0.499. The Balaban J connectivity index is 1.57. The molecular formula is C21H20N6OS. The highest BCUT2D eigenvalue weighted by atomic mass is 32.1. The monoisotopic (exact) mass is 404 g/mol. The molecule has 4 rings (SSSR count). The summed E-state index contributed by atoms with van der Waals surface area (Å²) >= 11 is 1.42. The van der Waals surface area contributed by atoms with Crippen molar-refractivity contribution in [2.45, 2.75) is 27.3 Å². The van der Waals surface area contributed by atoms with Gasteiger partial charge in [-0.3, -0.25) is 9.69 Å². The molecule has 0 radical (unpaired) electrons. The van der Waals surface area contributed by atoms with Gasteiger partial charge in [-0.25, -0.2) is 4.98 Å². The van der Waals surface area contributed by atoms with Gasteiger partial charge in [0.2, 0.25) is 11.7 Å². The van der Waals surface area contributed by atoms with Gasteiger partial charge in [-0.2, -0.15) is 4.80 Å². The predicted octanol–water partition coefficient (Wildman–Crippen LogP) is 4.15. The molecule has 2 aromatic heterocycles. The molecule has 0 spiro atoms. The summed E-state index contributed by atoms with van der Waals surface area (Å²) in [5.41, 5.74) is 4.71. The largest absolute Gasteiger partial charge is 0.274 e. The zero-order chi connectivity index (χ0) is 20.4. The van der Waals surface area contributed by atoms with Crippen molar-refractivity contribution in [1.29, 1.82) is 0 Å². The summed E-state index contributed by atoms with van der Waals surface area (Å²) in [6, 6.07) is 15.7. The normalized spacial score (nSPS) is 10.9. The maximum absolute atomic E-state index is 12.4. The Labute approximate surface area is 172 Å². The van der Waals surface area contributed by atoms with E-state index >= 15 is 0 Å². The number of thiazole rings is 1. The average Bonchev–Trinajstić information content (AvgIpc) is 3.35. The maximum Gasteiger partial charge on any atom is 0.230 e. The molecule has 0 saturated carbocycles. The zero-order valence-electron chi connectivity index (χ0n) is 16.4. The van der Waals surface area contributed by atoms with E-state index in [1.807, 2.05) is 61.7 Å². The van der Waals surface area contributed by atoms with Crippen molar-refractivity contribution in [2.24, 2.45) is 0 Å². The van der Waals surface area contributed by atoms with E-state index < -0.39 is 0 Å². The van der Waals surface area contributed by atoms with Crippen LogP contribution in [-0.4, -0.2) is 31.1 Å². The molecule has 29 heavy (non-hydrogen) atoms. The van der Waals surface area contributed by atoms with Gasteiger partial charge in [0, 0.05) is 17.9 Å². The summed E-state index contributed by atoms with van der Waals surface area (Å²) in [7, 11) is 0. The van der Waals surface area contributed by atoms with Crippen molar-refractivity contribution < 1.29 is 4.79 Å². The number of amides is 1. The van der Waals surface area contributed by atoms with Crippen LogP contribution in [0.5, 0.6) is 0 Å². The van der Waals surface area contributed by atoms with E-state index in [0.717, 1.165) is 28.1 Å². The molecule has 0 aliphatic heterocycles. The van der Waals surface area contributed by atoms with Crippen LogP contribution in [0.15, 0.2) is 53.9 Å². The summed E-state index contributed by atoms with van der Waals surface area (Å²) < 4.78 is 0. The van der Waals surface area contributed by atoms with Gasteiger partial charge in [-0.1, -0.05) is 48.0 Å². The highest BCUT2D eigenvalue weighted by Crippen LogP contribution is 2.31. The lowest BCUT2D eigenvalue weighted by molar-refractivity contribution is -0.115. The van der Waals surface area contributed by atoms with Gasteiger partial charge < -0.3 is 0 Å². The number of aryl methyl sites for hydroxylation is 2. The number of carbonyl (C=O) groups is 1. The number of carbonyl (C=O) groups excluding carboxylic acids is 1. The van der Waals surface area contributed by atoms with E-state index in [0.29, 0.717) is 17.5 Å². The Hall–Kier alpha value is -3.39. The summed E-state index contributed by atoms with van der Waals surface area (Å²) in [5, 5.41) is 15.2. The first-order valence-corrected chi connectivity index (χ1v) is 10.0. The minimum atomic E-state index is -0.0805. The van der Waals surface area contributed by atoms with Crippen LogP contribution >= 0.6 is 11.3 Å². The zero-order valence-corrected chi connectivity index (χ0v) is 17.2. The topological polar surface area (TPSA) is 76.8 Å². The molecule has 8 heteroatoms. The average molecular weight is 404 g/mol. The van der Waals surface area contributed by atoms with Crippen molar-refractivity contribution in [2.75, 3.05) is 4.90 Å². The van der Waals surface area contributed by atoms with Gasteiger partial charge in [-0.05, 0) is 30.7 Å². The maximum atomic E-state index is 12.4. The van der Waals surface area contributed by atoms with Gasteiger partial charge in [-0.15, -0.1) is 21.5 Å². The molecule has 4 aromatic rings. The first-order valence-electron chi connectivity index (χ1n) is 9.17. The van der Waals surface area contributed by atoms with Crippen LogP contribution in [-0.2, 0) is 11.3 Å². The van der Waals surface area contributed by atoms with Crippen LogP contribution in [0, 0.1) is 13.8 Å². The number of rotatable bonds is 5. The fourth-order valence-corrected chi connectivity index (χ4v) is 3.96. The van der Waals surface area contributed by atoms with Gasteiger partial charge in [0.25, 0.3) is 0 Å². The van der Waals surface area contributed by atoms with Crippen LogP contribution in [0.3, 0.4) is 0 Å². The smallest absolute Gasteiger partial charge is 0.230 e. The van der Waals surface area contributed by atoms with Crippen LogP contribution in [0.1, 0.15) is 23.7 Å². The van der Waals surface area contributed by atoms with Crippen LogP contribution in [0.2, 0.25) is 0 Å². The summed E-state index contributed by atoms with van der Waals surface area (Å²) in [6.07, 6.45) is 0. The Morgan fingerprint density at radius 1 is 1.14 bits per heavy atom. The van der Waals surface area contributed by atoms with Crippen molar-refractivity contribution in [3.8, 4) is 11.4 Å². The number of anilines is 2. The Bertz CT molecular complexity index is 1150. The van der Waals surface area contributed by atoms with E-state index in [1.54, 1.807) is 11.8 Å². The summed E-state index contributed by atoms with van der Waals surface area (Å²) in [5.74, 6) is 0.491. The molecule has 0 aliphatic carbocycles. The number of hydrogen-bond donors (Lipinski definition) is 0. The van der Waals surface area contributed by atoms with E-state index in [9.17, 15) is 4.79 Å². The first-order chi connectivity index (χ1) is 14.0. The van der Waals surface area contributed by atoms with Gasteiger partial charge in [0.05, 0.1) is 11.4 Å². The molecule has 0 N–H and O–H groups in total. The molecule has 2 aromatic carbocycles. The fourth-order valence-electron chi connectivity index (χ4n) is 3.09. The fraction of sp³-hybridized carbons (Fsp3) is 0.190. The Morgan fingerprint density at radius 3 is 2.66 bits per heavy atom. The van der Waals surface area contributed by atoms with Crippen LogP contribution in [0.4, 0.5) is 10.8 Å². The summed E-state index contributed by atoms with van der Waals surface area (Å²) in [6.45, 7) is 5.96. The van der Waals surface area contributed by atoms with Crippen molar-refractivity contribution in [3.63, 3.8) is 0 Å². The lowest BCUT2D eigenvalue weighted by atomic mass is 10.1. The SMILES string of the molecule is CC(=O)N(c1nc(Cn2nnc(-c3ccccc3)n2)cs1)c1ccc(C)cc1C.